The first-order valence-electron chi connectivity index (χ1n) is 7.93. The van der Waals surface area contributed by atoms with Crippen molar-refractivity contribution in [2.75, 3.05) is 38.0 Å². The molecule has 2 fully saturated rings. The smallest absolute Gasteiger partial charge is 0.235 e. The van der Waals surface area contributed by atoms with Gasteiger partial charge in [-0.1, -0.05) is 30.0 Å². The predicted molar refractivity (Wildman–Crippen MR) is 90.6 cm³/mol. The van der Waals surface area contributed by atoms with Gasteiger partial charge in [-0.05, 0) is 26.3 Å². The highest BCUT2D eigenvalue weighted by Crippen LogP contribution is 2.32. The van der Waals surface area contributed by atoms with Gasteiger partial charge in [0.15, 0.2) is 4.34 Å². The average molecular weight is 342 g/mol. The van der Waals surface area contributed by atoms with Crippen molar-refractivity contribution in [3.8, 4) is 0 Å². The van der Waals surface area contributed by atoms with Gasteiger partial charge in [-0.15, -0.1) is 10.2 Å². The third-order valence-electron chi connectivity index (χ3n) is 4.07. The van der Waals surface area contributed by atoms with E-state index in [-0.39, 0.29) is 11.2 Å². The fourth-order valence-corrected chi connectivity index (χ4v) is 4.52. The number of likely N-dealkylation sites (N-methyl/N-ethyl adjacent to an activating group) is 1. The second-order valence-corrected chi connectivity index (χ2v) is 8.38. The van der Waals surface area contributed by atoms with E-state index in [4.69, 9.17) is 0 Å². The fourth-order valence-electron chi connectivity index (χ4n) is 2.46. The average Bonchev–Trinajstić information content (AvgIpc) is 3.25. The van der Waals surface area contributed by atoms with Gasteiger partial charge >= 0.3 is 0 Å². The Morgan fingerprint density at radius 1 is 1.36 bits per heavy atom. The van der Waals surface area contributed by atoms with Crippen LogP contribution in [0.4, 0.5) is 5.13 Å². The van der Waals surface area contributed by atoms with E-state index in [0.717, 1.165) is 42.2 Å². The molecule has 22 heavy (non-hydrogen) atoms. The number of anilines is 1. The predicted octanol–water partition coefficient (Wildman–Crippen LogP) is 1.76. The molecule has 0 radical (unpaired) electrons. The topological polar surface area (TPSA) is 61.4 Å². The molecule has 1 aliphatic heterocycles. The minimum atomic E-state index is -0.102. The van der Waals surface area contributed by atoms with Gasteiger partial charge in [0.05, 0.1) is 5.25 Å². The second-order valence-electron chi connectivity index (χ2n) is 5.81. The van der Waals surface area contributed by atoms with E-state index in [1.807, 2.05) is 11.8 Å². The van der Waals surface area contributed by atoms with Crippen LogP contribution in [0.25, 0.3) is 0 Å². The molecule has 2 aliphatic rings. The summed E-state index contributed by atoms with van der Waals surface area (Å²) in [6.45, 7) is 8.83. The van der Waals surface area contributed by atoms with E-state index >= 15 is 0 Å². The quantitative estimate of drug-likeness (QED) is 0.796. The Balaban J connectivity index is 1.49. The van der Waals surface area contributed by atoms with E-state index in [2.05, 4.69) is 27.3 Å². The SMILES string of the molecule is CCN1CCN(C(=O)[C@@H](C)Sc2nnc(NC3CC3)s2)CC1. The van der Waals surface area contributed by atoms with Crippen molar-refractivity contribution in [1.82, 2.24) is 20.0 Å². The number of hydrogen-bond donors (Lipinski definition) is 1. The maximum Gasteiger partial charge on any atom is 0.235 e. The molecule has 0 aromatic carbocycles. The van der Waals surface area contributed by atoms with Gasteiger partial charge in [0, 0.05) is 32.2 Å². The van der Waals surface area contributed by atoms with Crippen molar-refractivity contribution in [1.29, 1.82) is 0 Å². The maximum atomic E-state index is 12.5. The number of aromatic nitrogens is 2. The summed E-state index contributed by atoms with van der Waals surface area (Å²) in [6, 6.07) is 0.583. The Kier molecular flexibility index (Phi) is 5.20. The van der Waals surface area contributed by atoms with Crippen LogP contribution in [0.3, 0.4) is 0 Å². The Hall–Kier alpha value is -0.860. The Labute approximate surface area is 139 Å². The molecular formula is C14H23N5OS2. The van der Waals surface area contributed by atoms with Crippen molar-refractivity contribution in [3.05, 3.63) is 0 Å². The molecule has 1 aromatic heterocycles. The summed E-state index contributed by atoms with van der Waals surface area (Å²) in [4.78, 5) is 16.9. The lowest BCUT2D eigenvalue weighted by Crippen LogP contribution is -2.50. The molecule has 122 valence electrons. The number of amides is 1. The Bertz CT molecular complexity index is 511. The summed E-state index contributed by atoms with van der Waals surface area (Å²) in [5.74, 6) is 0.215. The molecule has 2 heterocycles. The van der Waals surface area contributed by atoms with Crippen LogP contribution in [-0.4, -0.2) is 69.9 Å². The lowest BCUT2D eigenvalue weighted by atomic mass is 10.3. The number of nitrogens with one attached hydrogen (secondary N) is 1. The highest BCUT2D eigenvalue weighted by molar-refractivity contribution is 8.02. The largest absolute Gasteiger partial charge is 0.357 e. The fraction of sp³-hybridized carbons (Fsp3) is 0.786. The van der Waals surface area contributed by atoms with Crippen LogP contribution in [0.15, 0.2) is 4.34 Å². The second kappa shape index (κ2) is 7.14. The first kappa shape index (κ1) is 16.0. The van der Waals surface area contributed by atoms with Crippen LogP contribution >= 0.6 is 23.1 Å². The van der Waals surface area contributed by atoms with E-state index in [9.17, 15) is 4.79 Å². The monoisotopic (exact) mass is 341 g/mol. The zero-order valence-electron chi connectivity index (χ0n) is 13.1. The van der Waals surface area contributed by atoms with Gasteiger partial charge < -0.3 is 15.1 Å². The lowest BCUT2D eigenvalue weighted by molar-refractivity contribution is -0.132. The zero-order chi connectivity index (χ0) is 15.5. The van der Waals surface area contributed by atoms with Crippen LogP contribution in [0.1, 0.15) is 26.7 Å². The van der Waals surface area contributed by atoms with Gasteiger partial charge in [-0.25, -0.2) is 0 Å². The van der Waals surface area contributed by atoms with Crippen LogP contribution in [0.5, 0.6) is 0 Å². The van der Waals surface area contributed by atoms with Crippen LogP contribution in [0, 0.1) is 0 Å². The summed E-state index contributed by atoms with van der Waals surface area (Å²) in [7, 11) is 0. The molecule has 1 saturated heterocycles. The van der Waals surface area contributed by atoms with Crippen LogP contribution in [-0.2, 0) is 4.79 Å². The Morgan fingerprint density at radius 2 is 2.09 bits per heavy atom. The molecule has 6 nitrogen and oxygen atoms in total. The minimum absolute atomic E-state index is 0.102. The van der Waals surface area contributed by atoms with Crippen LogP contribution in [0.2, 0.25) is 0 Å². The molecule has 0 bridgehead atoms. The molecule has 1 aliphatic carbocycles. The number of carbonyl (C=O) groups is 1. The van der Waals surface area contributed by atoms with Crippen LogP contribution < -0.4 is 5.32 Å². The van der Waals surface area contributed by atoms with Crippen molar-refractivity contribution in [3.63, 3.8) is 0 Å². The number of hydrogen-bond acceptors (Lipinski definition) is 7. The van der Waals surface area contributed by atoms with Crippen molar-refractivity contribution >= 4 is 34.1 Å². The molecule has 1 amide bonds. The van der Waals surface area contributed by atoms with E-state index in [1.54, 1.807) is 11.3 Å². The molecule has 1 aromatic rings. The summed E-state index contributed by atoms with van der Waals surface area (Å²) < 4.78 is 0.871. The molecule has 8 heteroatoms. The number of piperazine rings is 1. The lowest BCUT2D eigenvalue weighted by Gasteiger charge is -2.35. The highest BCUT2D eigenvalue weighted by atomic mass is 32.2. The zero-order valence-corrected chi connectivity index (χ0v) is 14.8. The Morgan fingerprint density at radius 3 is 2.73 bits per heavy atom. The number of rotatable bonds is 6. The molecular weight excluding hydrogens is 318 g/mol. The summed E-state index contributed by atoms with van der Waals surface area (Å²) >= 11 is 3.07. The summed E-state index contributed by atoms with van der Waals surface area (Å²) in [5, 5.41) is 12.4. The molecule has 0 spiro atoms. The third kappa shape index (κ3) is 4.11. The van der Waals surface area contributed by atoms with Gasteiger partial charge in [0.1, 0.15) is 0 Å². The number of carbonyl (C=O) groups excluding carboxylic acids is 1. The van der Waals surface area contributed by atoms with Crippen molar-refractivity contribution in [2.45, 2.75) is 42.3 Å². The number of nitrogens with zero attached hydrogens (tertiary/aromatic N) is 4. The molecule has 1 saturated carbocycles. The van der Waals surface area contributed by atoms with Crippen molar-refractivity contribution < 1.29 is 4.79 Å². The molecule has 1 N–H and O–H groups in total. The van der Waals surface area contributed by atoms with Gasteiger partial charge in [0.25, 0.3) is 0 Å². The van der Waals surface area contributed by atoms with E-state index in [0.29, 0.717) is 6.04 Å². The normalized spacial score (nSPS) is 20.9. The molecule has 1 atom stereocenters. The molecule has 3 rings (SSSR count). The van der Waals surface area contributed by atoms with Gasteiger partial charge in [-0.2, -0.15) is 0 Å². The molecule has 0 unspecified atom stereocenters. The van der Waals surface area contributed by atoms with Crippen molar-refractivity contribution in [2.24, 2.45) is 0 Å². The van der Waals surface area contributed by atoms with E-state index < -0.39 is 0 Å². The first-order valence-corrected chi connectivity index (χ1v) is 9.63. The summed E-state index contributed by atoms with van der Waals surface area (Å²) in [5.41, 5.74) is 0. The first-order chi connectivity index (χ1) is 10.7. The highest BCUT2D eigenvalue weighted by Gasteiger charge is 2.26. The minimum Gasteiger partial charge on any atom is -0.357 e. The van der Waals surface area contributed by atoms with Gasteiger partial charge in [-0.3, -0.25) is 4.79 Å². The summed E-state index contributed by atoms with van der Waals surface area (Å²) in [6.07, 6.45) is 2.45. The number of thioether (sulfide) groups is 1. The standard InChI is InChI=1S/C14H23N5OS2/c1-3-18-6-8-19(9-7-18)12(20)10(2)21-14-17-16-13(22-14)15-11-4-5-11/h10-11H,3-9H2,1-2H3,(H,15,16)/t10-/m1/s1. The van der Waals surface area contributed by atoms with E-state index in [1.165, 1.54) is 24.6 Å². The van der Waals surface area contributed by atoms with Gasteiger partial charge in [0.2, 0.25) is 11.0 Å². The third-order valence-corrected chi connectivity index (χ3v) is 6.09. The maximum absolute atomic E-state index is 12.5.